The Morgan fingerprint density at radius 1 is 1.20 bits per heavy atom. The minimum Gasteiger partial charge on any atom is -0.438 e. The Bertz CT molecular complexity index is 331. The summed E-state index contributed by atoms with van der Waals surface area (Å²) in [5.74, 6) is 0.120. The van der Waals surface area contributed by atoms with Gasteiger partial charge in [-0.15, -0.1) is 0 Å². The molecule has 1 saturated carbocycles. The van der Waals surface area contributed by atoms with E-state index in [1.54, 1.807) is 0 Å². The Labute approximate surface area is 130 Å². The smallest absolute Gasteiger partial charge is 0.408 e. The highest BCUT2D eigenvalue weighted by atomic mass is 79.9. The van der Waals surface area contributed by atoms with Crippen LogP contribution in [0.4, 0.5) is 4.79 Å². The number of hydrogen-bond acceptors (Lipinski definition) is 3. The van der Waals surface area contributed by atoms with Crippen LogP contribution in [0, 0.1) is 5.92 Å². The van der Waals surface area contributed by atoms with Gasteiger partial charge < -0.3 is 10.1 Å². The van der Waals surface area contributed by atoms with Crippen molar-refractivity contribution in [3.8, 4) is 0 Å². The molecule has 0 saturated heterocycles. The van der Waals surface area contributed by atoms with Gasteiger partial charge in [-0.2, -0.15) is 0 Å². The van der Waals surface area contributed by atoms with Crippen molar-refractivity contribution in [1.29, 1.82) is 0 Å². The number of Topliss-reactive ketones (excluding diaryl/α,β-unsaturated/α-hetero) is 1. The standard InChI is InChI=1S/C15H26BrNO3/c1-15(2,3)17-14(19)20-13(12(18)10-16)11-8-6-4-5-7-9-11/h11,13H,4-10H2,1-3H3,(H,17,19)/t13-/m0/s1. The van der Waals surface area contributed by atoms with Crippen LogP contribution in [-0.4, -0.2) is 28.8 Å². The van der Waals surface area contributed by atoms with Gasteiger partial charge >= 0.3 is 6.09 Å². The molecule has 0 heterocycles. The van der Waals surface area contributed by atoms with E-state index in [-0.39, 0.29) is 22.6 Å². The average Bonchev–Trinajstić information content (AvgIpc) is 2.61. The molecule has 4 nitrogen and oxygen atoms in total. The van der Waals surface area contributed by atoms with E-state index in [2.05, 4.69) is 21.2 Å². The van der Waals surface area contributed by atoms with Gasteiger partial charge in [-0.3, -0.25) is 4.79 Å². The van der Waals surface area contributed by atoms with E-state index < -0.39 is 12.2 Å². The number of nitrogens with one attached hydrogen (secondary N) is 1. The molecule has 5 heteroatoms. The van der Waals surface area contributed by atoms with Crippen LogP contribution >= 0.6 is 15.9 Å². The summed E-state index contributed by atoms with van der Waals surface area (Å²) in [6.45, 7) is 5.67. The number of carbonyl (C=O) groups excluding carboxylic acids is 2. The first-order valence-corrected chi connectivity index (χ1v) is 8.53. The van der Waals surface area contributed by atoms with Crippen LogP contribution in [0.5, 0.6) is 0 Å². The summed E-state index contributed by atoms with van der Waals surface area (Å²) in [6, 6.07) is 0. The van der Waals surface area contributed by atoms with E-state index in [0.717, 1.165) is 25.7 Å². The zero-order valence-corrected chi connectivity index (χ0v) is 14.3. The lowest BCUT2D eigenvalue weighted by Crippen LogP contribution is -2.45. The molecule has 116 valence electrons. The maximum atomic E-state index is 12.1. The lowest BCUT2D eigenvalue weighted by Gasteiger charge is -2.27. The molecule has 0 unspecified atom stereocenters. The van der Waals surface area contributed by atoms with Crippen molar-refractivity contribution in [2.24, 2.45) is 5.92 Å². The Morgan fingerprint density at radius 2 is 1.75 bits per heavy atom. The van der Waals surface area contributed by atoms with Gasteiger partial charge in [0, 0.05) is 11.5 Å². The van der Waals surface area contributed by atoms with Crippen LogP contribution in [0.2, 0.25) is 0 Å². The number of carbonyl (C=O) groups is 2. The molecule has 1 aliphatic rings. The molecule has 0 aliphatic heterocycles. The number of rotatable bonds is 4. The molecule has 0 aromatic rings. The number of alkyl carbamates (subject to hydrolysis) is 1. The highest BCUT2D eigenvalue weighted by Gasteiger charge is 2.32. The third kappa shape index (κ3) is 6.25. The van der Waals surface area contributed by atoms with Crippen LogP contribution in [0.15, 0.2) is 0 Å². The molecule has 1 fully saturated rings. The molecule has 1 aliphatic carbocycles. The summed E-state index contributed by atoms with van der Waals surface area (Å²) in [5, 5.41) is 2.99. The minimum absolute atomic E-state index is 0.0408. The molecule has 0 bridgehead atoms. The van der Waals surface area contributed by atoms with Crippen molar-refractivity contribution in [3.05, 3.63) is 0 Å². The highest BCUT2D eigenvalue weighted by Crippen LogP contribution is 2.28. The Kier molecular flexibility index (Phi) is 7.00. The Balaban J connectivity index is 2.68. The summed E-state index contributed by atoms with van der Waals surface area (Å²) in [6.07, 6.45) is 5.45. The quantitative estimate of drug-likeness (QED) is 0.621. The zero-order valence-electron chi connectivity index (χ0n) is 12.7. The van der Waals surface area contributed by atoms with E-state index in [4.69, 9.17) is 4.74 Å². The number of halogens is 1. The monoisotopic (exact) mass is 347 g/mol. The van der Waals surface area contributed by atoms with E-state index in [0.29, 0.717) is 0 Å². The predicted octanol–water partition coefficient (Wildman–Crippen LogP) is 3.81. The topological polar surface area (TPSA) is 55.4 Å². The van der Waals surface area contributed by atoms with Crippen molar-refractivity contribution >= 4 is 27.8 Å². The second-order valence-corrected chi connectivity index (χ2v) is 7.11. The largest absolute Gasteiger partial charge is 0.438 e. The van der Waals surface area contributed by atoms with Gasteiger partial charge in [0.25, 0.3) is 0 Å². The van der Waals surface area contributed by atoms with Crippen LogP contribution in [-0.2, 0) is 9.53 Å². The van der Waals surface area contributed by atoms with Crippen molar-refractivity contribution in [3.63, 3.8) is 0 Å². The second kappa shape index (κ2) is 8.01. The number of ether oxygens (including phenoxy) is 1. The first-order valence-electron chi connectivity index (χ1n) is 7.41. The van der Waals surface area contributed by atoms with Gasteiger partial charge in [0.1, 0.15) is 0 Å². The van der Waals surface area contributed by atoms with Crippen LogP contribution in [0.3, 0.4) is 0 Å². The van der Waals surface area contributed by atoms with E-state index >= 15 is 0 Å². The molecule has 1 N–H and O–H groups in total. The number of amides is 1. The van der Waals surface area contributed by atoms with Crippen LogP contribution in [0.25, 0.3) is 0 Å². The highest BCUT2D eigenvalue weighted by molar-refractivity contribution is 9.09. The summed E-state index contributed by atoms with van der Waals surface area (Å²) in [5.41, 5.74) is -0.359. The SMILES string of the molecule is CC(C)(C)NC(=O)O[C@H](C(=O)CBr)C1CCCCCC1. The van der Waals surface area contributed by atoms with E-state index in [1.165, 1.54) is 12.8 Å². The van der Waals surface area contributed by atoms with E-state index in [9.17, 15) is 9.59 Å². The minimum atomic E-state index is -0.616. The Morgan fingerprint density at radius 3 is 2.20 bits per heavy atom. The fourth-order valence-corrected chi connectivity index (χ4v) is 2.88. The normalized spacial score (nSPS) is 19.0. The first-order chi connectivity index (χ1) is 9.33. The molecule has 1 atom stereocenters. The third-order valence-electron chi connectivity index (χ3n) is 3.49. The van der Waals surface area contributed by atoms with Crippen LogP contribution in [0.1, 0.15) is 59.3 Å². The van der Waals surface area contributed by atoms with Crippen molar-refractivity contribution in [1.82, 2.24) is 5.32 Å². The maximum absolute atomic E-state index is 12.1. The Hall–Kier alpha value is -0.580. The molecule has 0 radical (unpaired) electrons. The number of hydrogen-bond donors (Lipinski definition) is 1. The van der Waals surface area contributed by atoms with Gasteiger partial charge in [-0.1, -0.05) is 41.6 Å². The third-order valence-corrected chi connectivity index (χ3v) is 4.04. The number of ketones is 1. The fourth-order valence-electron chi connectivity index (χ4n) is 2.57. The summed E-state index contributed by atoms with van der Waals surface area (Å²) >= 11 is 3.19. The molecular weight excluding hydrogens is 322 g/mol. The molecule has 20 heavy (non-hydrogen) atoms. The van der Waals surface area contributed by atoms with Gasteiger partial charge in [0.2, 0.25) is 0 Å². The number of alkyl halides is 1. The van der Waals surface area contributed by atoms with Crippen molar-refractivity contribution in [2.45, 2.75) is 70.9 Å². The summed E-state index contributed by atoms with van der Waals surface area (Å²) in [7, 11) is 0. The zero-order chi connectivity index (χ0) is 15.2. The van der Waals surface area contributed by atoms with Gasteiger partial charge in [0.05, 0.1) is 5.33 Å². The van der Waals surface area contributed by atoms with E-state index in [1.807, 2.05) is 20.8 Å². The summed E-state index contributed by atoms with van der Waals surface area (Å²) < 4.78 is 5.44. The lowest BCUT2D eigenvalue weighted by atomic mass is 9.92. The molecule has 1 rings (SSSR count). The predicted molar refractivity (Wildman–Crippen MR) is 83.2 cm³/mol. The average molecular weight is 348 g/mol. The molecule has 0 aromatic heterocycles. The van der Waals surface area contributed by atoms with Crippen molar-refractivity contribution < 1.29 is 14.3 Å². The summed E-state index contributed by atoms with van der Waals surface area (Å²) in [4.78, 5) is 24.0. The second-order valence-electron chi connectivity index (χ2n) is 6.55. The van der Waals surface area contributed by atoms with Crippen molar-refractivity contribution in [2.75, 3.05) is 5.33 Å². The first kappa shape index (κ1) is 17.5. The van der Waals surface area contributed by atoms with Gasteiger partial charge in [-0.05, 0) is 33.6 Å². The maximum Gasteiger partial charge on any atom is 0.408 e. The molecule has 0 spiro atoms. The van der Waals surface area contributed by atoms with Crippen LogP contribution < -0.4 is 5.32 Å². The van der Waals surface area contributed by atoms with Gasteiger partial charge in [0.15, 0.2) is 11.9 Å². The van der Waals surface area contributed by atoms with Gasteiger partial charge in [-0.25, -0.2) is 4.79 Å². The lowest BCUT2D eigenvalue weighted by molar-refractivity contribution is -0.127. The fraction of sp³-hybridized carbons (Fsp3) is 0.867. The molecule has 1 amide bonds. The molecule has 0 aromatic carbocycles. The molecular formula is C15H26BrNO3.